The summed E-state index contributed by atoms with van der Waals surface area (Å²) in [5.41, 5.74) is 5.13. The molecule has 1 amide bonds. The predicted octanol–water partition coefficient (Wildman–Crippen LogP) is 7.35. The highest BCUT2D eigenvalue weighted by atomic mass is 79.9. The average molecular weight is 581 g/mol. The number of halogens is 1. The number of hydrogen-bond acceptors (Lipinski definition) is 5. The number of para-hydroxylation sites is 1. The van der Waals surface area contributed by atoms with E-state index in [1.807, 2.05) is 97.9 Å². The van der Waals surface area contributed by atoms with Crippen molar-refractivity contribution in [2.24, 2.45) is 0 Å². The van der Waals surface area contributed by atoms with Crippen LogP contribution in [0.2, 0.25) is 0 Å². The maximum absolute atomic E-state index is 13.1. The lowest BCUT2D eigenvalue weighted by Crippen LogP contribution is -2.21. The van der Waals surface area contributed by atoms with Crippen LogP contribution in [0, 0.1) is 6.92 Å². The number of nitrogens with zero attached hydrogens (tertiary/aromatic N) is 1. The largest absolute Gasteiger partial charge is 0.489 e. The molecule has 0 atom stereocenters. The molecule has 0 saturated carbocycles. The lowest BCUT2D eigenvalue weighted by molar-refractivity contribution is -0.119. The van der Waals surface area contributed by atoms with Crippen molar-refractivity contribution < 1.29 is 19.1 Å². The van der Waals surface area contributed by atoms with E-state index in [2.05, 4.69) is 21.2 Å². The van der Waals surface area contributed by atoms with Crippen LogP contribution in [0.5, 0.6) is 5.75 Å². The van der Waals surface area contributed by atoms with Crippen LogP contribution < -0.4 is 10.1 Å². The fourth-order valence-electron chi connectivity index (χ4n) is 4.08. The Balaban J connectivity index is 1.31. The highest BCUT2D eigenvalue weighted by Crippen LogP contribution is 2.27. The first kappa shape index (κ1) is 26.1. The second-order valence-electron chi connectivity index (χ2n) is 8.96. The summed E-state index contributed by atoms with van der Waals surface area (Å²) < 4.78 is 12.2. The summed E-state index contributed by atoms with van der Waals surface area (Å²) >= 11 is 3.44. The Morgan fingerprint density at radius 2 is 1.62 bits per heavy atom. The Kier molecular flexibility index (Phi) is 7.99. The van der Waals surface area contributed by atoms with Crippen LogP contribution >= 0.6 is 15.9 Å². The molecule has 1 N–H and O–H groups in total. The molecular formula is C32H25BrN2O4. The number of ether oxygens (including phenoxy) is 2. The van der Waals surface area contributed by atoms with Crippen LogP contribution in [0.25, 0.3) is 22.2 Å². The molecule has 194 valence electrons. The number of anilines is 1. The Hall–Kier alpha value is -4.49. The second kappa shape index (κ2) is 11.9. The lowest BCUT2D eigenvalue weighted by Gasteiger charge is -2.11. The van der Waals surface area contributed by atoms with E-state index < -0.39 is 18.5 Å². The number of aryl methyl sites for hydroxylation is 1. The molecule has 0 fully saturated rings. The first-order valence-electron chi connectivity index (χ1n) is 12.4. The van der Waals surface area contributed by atoms with Crippen molar-refractivity contribution in [3.05, 3.63) is 124 Å². The third-order valence-corrected chi connectivity index (χ3v) is 7.00. The molecule has 0 aliphatic heterocycles. The molecule has 5 aromatic rings. The van der Waals surface area contributed by atoms with E-state index >= 15 is 0 Å². The van der Waals surface area contributed by atoms with Crippen LogP contribution in [0.15, 0.2) is 108 Å². The summed E-state index contributed by atoms with van der Waals surface area (Å²) in [6.07, 6.45) is 0. The molecule has 0 aliphatic carbocycles. The molecule has 0 spiro atoms. The molecule has 4 aromatic carbocycles. The molecule has 0 saturated heterocycles. The van der Waals surface area contributed by atoms with Crippen molar-refractivity contribution >= 4 is 44.4 Å². The van der Waals surface area contributed by atoms with Crippen molar-refractivity contribution in [1.29, 1.82) is 0 Å². The number of carbonyl (C=O) groups is 2. The minimum absolute atomic E-state index is 0.340. The number of rotatable bonds is 8. The van der Waals surface area contributed by atoms with Crippen LogP contribution in [0.4, 0.5) is 5.69 Å². The molecule has 0 bridgehead atoms. The predicted molar refractivity (Wildman–Crippen MR) is 156 cm³/mol. The van der Waals surface area contributed by atoms with Crippen LogP contribution in [0.3, 0.4) is 0 Å². The van der Waals surface area contributed by atoms with Gasteiger partial charge in [-0.05, 0) is 72.6 Å². The van der Waals surface area contributed by atoms with Crippen molar-refractivity contribution in [1.82, 2.24) is 4.98 Å². The topological polar surface area (TPSA) is 77.5 Å². The molecule has 0 radical (unpaired) electrons. The second-order valence-corrected chi connectivity index (χ2v) is 9.81. The van der Waals surface area contributed by atoms with Crippen molar-refractivity contribution in [3.8, 4) is 17.0 Å². The Bertz CT molecular complexity index is 1640. The lowest BCUT2D eigenvalue weighted by atomic mass is 10.0. The maximum atomic E-state index is 13.1. The number of carbonyl (C=O) groups excluding carboxylic acids is 2. The minimum atomic E-state index is -0.597. The third kappa shape index (κ3) is 6.51. The Morgan fingerprint density at radius 1 is 0.872 bits per heavy atom. The number of aromatic nitrogens is 1. The summed E-state index contributed by atoms with van der Waals surface area (Å²) in [6, 6.07) is 32.0. The van der Waals surface area contributed by atoms with Crippen molar-refractivity contribution in [2.45, 2.75) is 13.5 Å². The van der Waals surface area contributed by atoms with Gasteiger partial charge in [-0.3, -0.25) is 4.79 Å². The van der Waals surface area contributed by atoms with Gasteiger partial charge in [-0.1, -0.05) is 64.5 Å². The van der Waals surface area contributed by atoms with E-state index in [-0.39, 0.29) is 0 Å². The molecular weight excluding hydrogens is 556 g/mol. The van der Waals surface area contributed by atoms with Crippen LogP contribution in [-0.2, 0) is 16.1 Å². The number of benzene rings is 4. The number of fused-ring (bicyclic) bond motifs is 1. The van der Waals surface area contributed by atoms with E-state index in [0.717, 1.165) is 26.9 Å². The molecule has 6 nitrogen and oxygen atoms in total. The number of pyridine rings is 1. The van der Waals surface area contributed by atoms with Gasteiger partial charge in [0, 0.05) is 21.1 Å². The van der Waals surface area contributed by atoms with E-state index in [4.69, 9.17) is 14.5 Å². The van der Waals surface area contributed by atoms with E-state index in [1.165, 1.54) is 0 Å². The fraction of sp³-hybridized carbons (Fsp3) is 0.0938. The van der Waals surface area contributed by atoms with E-state index in [1.54, 1.807) is 12.1 Å². The molecule has 1 heterocycles. The average Bonchev–Trinajstić information content (AvgIpc) is 2.97. The first-order valence-corrected chi connectivity index (χ1v) is 13.2. The quantitative estimate of drug-likeness (QED) is 0.194. The zero-order valence-corrected chi connectivity index (χ0v) is 22.8. The van der Waals surface area contributed by atoms with Gasteiger partial charge >= 0.3 is 5.97 Å². The molecule has 0 unspecified atom stereocenters. The van der Waals surface area contributed by atoms with Gasteiger partial charge in [0.25, 0.3) is 5.91 Å². The highest BCUT2D eigenvalue weighted by Gasteiger charge is 2.17. The highest BCUT2D eigenvalue weighted by molar-refractivity contribution is 9.10. The van der Waals surface area contributed by atoms with Gasteiger partial charge in [-0.2, -0.15) is 0 Å². The van der Waals surface area contributed by atoms with Gasteiger partial charge in [0.1, 0.15) is 12.4 Å². The molecule has 5 rings (SSSR count). The summed E-state index contributed by atoms with van der Waals surface area (Å²) in [4.78, 5) is 30.3. The van der Waals surface area contributed by atoms with Gasteiger partial charge in [-0.15, -0.1) is 0 Å². The number of nitrogens with one attached hydrogen (secondary N) is 1. The molecule has 39 heavy (non-hydrogen) atoms. The fourth-order valence-corrected chi connectivity index (χ4v) is 4.33. The monoisotopic (exact) mass is 580 g/mol. The summed E-state index contributed by atoms with van der Waals surface area (Å²) in [6.45, 7) is 1.99. The van der Waals surface area contributed by atoms with E-state index in [9.17, 15) is 9.59 Å². The summed E-state index contributed by atoms with van der Waals surface area (Å²) in [5, 5.41) is 3.41. The standard InChI is InChI=1S/C32H25BrN2O4/c1-21-17-24(13-16-28(21)33)34-31(36)20-39-32(37)27-18-30(35-29-10-6-5-9-26(27)29)23-11-14-25(15-12-23)38-19-22-7-3-2-4-8-22/h2-18H,19-20H2,1H3,(H,34,36). The number of hydrogen-bond donors (Lipinski definition) is 1. The summed E-state index contributed by atoms with van der Waals surface area (Å²) in [7, 11) is 0. The van der Waals surface area contributed by atoms with Crippen LogP contribution in [-0.4, -0.2) is 23.5 Å². The summed E-state index contributed by atoms with van der Waals surface area (Å²) in [5.74, 6) is -0.287. The van der Waals surface area contributed by atoms with E-state index in [0.29, 0.717) is 34.5 Å². The van der Waals surface area contributed by atoms with Crippen molar-refractivity contribution in [2.75, 3.05) is 11.9 Å². The Labute approximate surface area is 234 Å². The molecule has 0 aliphatic rings. The number of esters is 1. The molecule has 7 heteroatoms. The minimum Gasteiger partial charge on any atom is -0.489 e. The van der Waals surface area contributed by atoms with Gasteiger partial charge in [-0.25, -0.2) is 9.78 Å². The number of amides is 1. The Morgan fingerprint density at radius 3 is 2.38 bits per heavy atom. The van der Waals surface area contributed by atoms with Gasteiger partial charge in [0.05, 0.1) is 16.8 Å². The normalized spacial score (nSPS) is 10.7. The van der Waals surface area contributed by atoms with Crippen LogP contribution in [0.1, 0.15) is 21.5 Å². The van der Waals surface area contributed by atoms with Gasteiger partial charge in [0.15, 0.2) is 6.61 Å². The van der Waals surface area contributed by atoms with Crippen molar-refractivity contribution in [3.63, 3.8) is 0 Å². The smallest absolute Gasteiger partial charge is 0.339 e. The van der Waals surface area contributed by atoms with Gasteiger partial charge < -0.3 is 14.8 Å². The third-order valence-electron chi connectivity index (χ3n) is 6.11. The maximum Gasteiger partial charge on any atom is 0.339 e. The zero-order valence-electron chi connectivity index (χ0n) is 21.2. The zero-order chi connectivity index (χ0) is 27.2. The van der Waals surface area contributed by atoms with Gasteiger partial charge in [0.2, 0.25) is 0 Å². The SMILES string of the molecule is Cc1cc(NC(=O)COC(=O)c2cc(-c3ccc(OCc4ccccc4)cc3)nc3ccccc23)ccc1Br. The first-order chi connectivity index (χ1) is 19.0. The molecule has 1 aromatic heterocycles.